The largest absolute Gasteiger partial charge is 0.341 e. The highest BCUT2D eigenvalue weighted by Crippen LogP contribution is 2.32. The summed E-state index contributed by atoms with van der Waals surface area (Å²) < 4.78 is 2.34. The minimum atomic E-state index is 0.633. The first kappa shape index (κ1) is 14.7. The molecule has 0 aliphatic rings. The zero-order valence-corrected chi connectivity index (χ0v) is 14.3. The number of fused-ring (bicyclic) bond motifs is 4. The lowest BCUT2D eigenvalue weighted by molar-refractivity contribution is 0.827. The third-order valence-corrected chi connectivity index (χ3v) is 4.97. The Hall–Kier alpha value is -3.58. The Balaban J connectivity index is 1.75. The quantitative estimate of drug-likeness (QED) is 0.480. The van der Waals surface area contributed by atoms with Crippen molar-refractivity contribution in [3.8, 4) is 17.5 Å². The summed E-state index contributed by atoms with van der Waals surface area (Å²) in [5.74, 6) is 0.824. The molecule has 0 saturated carbocycles. The molecule has 5 aromatic rings. The van der Waals surface area contributed by atoms with Crippen LogP contribution < -0.4 is 0 Å². The van der Waals surface area contributed by atoms with Crippen molar-refractivity contribution in [1.29, 1.82) is 5.26 Å². The Bertz CT molecular complexity index is 1330. The number of nitriles is 1. The van der Waals surface area contributed by atoms with Gasteiger partial charge >= 0.3 is 0 Å². The summed E-state index contributed by atoms with van der Waals surface area (Å²) in [6.45, 7) is 3.11. The maximum absolute atomic E-state index is 9.08. The molecular weight excluding hydrogens is 320 g/mol. The minimum absolute atomic E-state index is 0.633. The Morgan fingerprint density at radius 2 is 1.85 bits per heavy atom. The topological polar surface area (TPSA) is 57.4 Å². The molecule has 0 aliphatic heterocycles. The summed E-state index contributed by atoms with van der Waals surface area (Å²) in [5.41, 5.74) is 5.93. The molecule has 1 N–H and O–H groups in total. The van der Waals surface area contributed by atoms with Crippen LogP contribution in [0.1, 0.15) is 12.5 Å². The molecule has 26 heavy (non-hydrogen) atoms. The summed E-state index contributed by atoms with van der Waals surface area (Å²) >= 11 is 0. The third-order valence-electron chi connectivity index (χ3n) is 4.97. The summed E-state index contributed by atoms with van der Waals surface area (Å²) in [6, 6.07) is 22.7. The third kappa shape index (κ3) is 2.04. The van der Waals surface area contributed by atoms with Gasteiger partial charge in [0.05, 0.1) is 22.7 Å². The number of rotatable bonds is 2. The van der Waals surface area contributed by atoms with Gasteiger partial charge in [-0.25, -0.2) is 4.98 Å². The van der Waals surface area contributed by atoms with Crippen LogP contribution in [-0.4, -0.2) is 14.5 Å². The predicted molar refractivity (Wildman–Crippen MR) is 105 cm³/mol. The summed E-state index contributed by atoms with van der Waals surface area (Å²) in [5, 5.41) is 11.6. The van der Waals surface area contributed by atoms with E-state index in [4.69, 9.17) is 10.2 Å². The van der Waals surface area contributed by atoms with E-state index in [0.29, 0.717) is 5.56 Å². The predicted octanol–water partition coefficient (Wildman–Crippen LogP) is 5.23. The van der Waals surface area contributed by atoms with Crippen molar-refractivity contribution < 1.29 is 0 Å². The number of benzene rings is 3. The van der Waals surface area contributed by atoms with E-state index >= 15 is 0 Å². The second-order valence-corrected chi connectivity index (χ2v) is 6.42. The first-order chi connectivity index (χ1) is 12.8. The average Bonchev–Trinajstić information content (AvgIpc) is 3.25. The molecule has 0 atom stereocenters. The highest BCUT2D eigenvalue weighted by atomic mass is 15.0. The molecule has 2 heterocycles. The van der Waals surface area contributed by atoms with Crippen LogP contribution in [0.2, 0.25) is 0 Å². The molecule has 124 valence electrons. The van der Waals surface area contributed by atoms with Gasteiger partial charge in [0.15, 0.2) is 0 Å². The van der Waals surface area contributed by atoms with Crippen molar-refractivity contribution in [3.63, 3.8) is 0 Å². The van der Waals surface area contributed by atoms with E-state index in [1.165, 1.54) is 21.8 Å². The molecule has 5 rings (SSSR count). The van der Waals surface area contributed by atoms with E-state index in [1.807, 2.05) is 12.1 Å². The number of H-pyrrole nitrogens is 1. The molecule has 4 nitrogen and oxygen atoms in total. The Morgan fingerprint density at radius 3 is 2.69 bits per heavy atom. The Morgan fingerprint density at radius 1 is 1.00 bits per heavy atom. The van der Waals surface area contributed by atoms with Gasteiger partial charge in [-0.2, -0.15) is 5.26 Å². The van der Waals surface area contributed by atoms with Gasteiger partial charge in [-0.1, -0.05) is 18.2 Å². The van der Waals surface area contributed by atoms with Gasteiger partial charge in [0.25, 0.3) is 0 Å². The number of hydrogen-bond acceptors (Lipinski definition) is 2. The molecule has 0 bridgehead atoms. The summed E-state index contributed by atoms with van der Waals surface area (Å²) in [6.07, 6.45) is 0. The van der Waals surface area contributed by atoms with Gasteiger partial charge in [-0.15, -0.1) is 0 Å². The maximum Gasteiger partial charge on any atom is 0.138 e. The number of aryl methyl sites for hydroxylation is 1. The lowest BCUT2D eigenvalue weighted by Gasteiger charge is -2.03. The number of aromatic amines is 1. The SMILES string of the molecule is CCn1c2ccccc2c2cc(-c3nc4ccc(C#N)cc4[nH]3)ccc21. The van der Waals surface area contributed by atoms with E-state index in [2.05, 4.69) is 65.0 Å². The van der Waals surface area contributed by atoms with Crippen molar-refractivity contribution in [3.05, 3.63) is 66.2 Å². The number of para-hydroxylation sites is 1. The molecule has 0 aliphatic carbocycles. The monoisotopic (exact) mass is 336 g/mol. The van der Waals surface area contributed by atoms with Crippen LogP contribution in [0.4, 0.5) is 0 Å². The van der Waals surface area contributed by atoms with Crippen molar-refractivity contribution in [1.82, 2.24) is 14.5 Å². The Labute approximate surface area is 150 Å². The molecule has 0 saturated heterocycles. The van der Waals surface area contributed by atoms with Gasteiger partial charge < -0.3 is 9.55 Å². The fourth-order valence-electron chi connectivity index (χ4n) is 3.76. The van der Waals surface area contributed by atoms with E-state index in [-0.39, 0.29) is 0 Å². The van der Waals surface area contributed by atoms with Crippen LogP contribution in [0.25, 0.3) is 44.2 Å². The molecule has 0 radical (unpaired) electrons. The van der Waals surface area contributed by atoms with Crippen molar-refractivity contribution in [2.24, 2.45) is 0 Å². The van der Waals surface area contributed by atoms with Gasteiger partial charge in [-0.3, -0.25) is 0 Å². The van der Waals surface area contributed by atoms with Gasteiger partial charge in [0.2, 0.25) is 0 Å². The first-order valence-corrected chi connectivity index (χ1v) is 8.69. The highest BCUT2D eigenvalue weighted by molar-refractivity contribution is 6.09. The van der Waals surface area contributed by atoms with Crippen LogP contribution >= 0.6 is 0 Å². The first-order valence-electron chi connectivity index (χ1n) is 8.69. The van der Waals surface area contributed by atoms with Gasteiger partial charge in [0, 0.05) is 33.9 Å². The van der Waals surface area contributed by atoms with Crippen molar-refractivity contribution in [2.45, 2.75) is 13.5 Å². The second-order valence-electron chi connectivity index (χ2n) is 6.42. The van der Waals surface area contributed by atoms with Crippen LogP contribution in [0.3, 0.4) is 0 Å². The van der Waals surface area contributed by atoms with Gasteiger partial charge in [0.1, 0.15) is 5.82 Å². The zero-order chi connectivity index (χ0) is 17.7. The van der Waals surface area contributed by atoms with E-state index in [9.17, 15) is 0 Å². The molecule has 4 heteroatoms. The molecule has 0 amide bonds. The maximum atomic E-state index is 9.08. The van der Waals surface area contributed by atoms with E-state index in [0.717, 1.165) is 29.0 Å². The lowest BCUT2D eigenvalue weighted by Crippen LogP contribution is -1.92. The lowest BCUT2D eigenvalue weighted by atomic mass is 10.1. The molecule has 2 aromatic heterocycles. The van der Waals surface area contributed by atoms with Crippen molar-refractivity contribution in [2.75, 3.05) is 0 Å². The average molecular weight is 336 g/mol. The zero-order valence-electron chi connectivity index (χ0n) is 14.3. The highest BCUT2D eigenvalue weighted by Gasteiger charge is 2.12. The van der Waals surface area contributed by atoms with Crippen molar-refractivity contribution >= 4 is 32.8 Å². The standard InChI is InChI=1S/C22H16N4/c1-2-26-20-6-4-3-5-16(20)17-12-15(8-10-21(17)26)22-24-18-9-7-14(13-23)11-19(18)25-22/h3-12H,2H2,1H3,(H,24,25). The number of nitrogens with zero attached hydrogens (tertiary/aromatic N) is 3. The summed E-state index contributed by atoms with van der Waals surface area (Å²) in [4.78, 5) is 8.05. The van der Waals surface area contributed by atoms with Crippen LogP contribution in [0.15, 0.2) is 60.7 Å². The summed E-state index contributed by atoms with van der Waals surface area (Å²) in [7, 11) is 0. The second kappa shape index (κ2) is 5.47. The number of hydrogen-bond donors (Lipinski definition) is 1. The van der Waals surface area contributed by atoms with Gasteiger partial charge in [-0.05, 0) is 49.4 Å². The minimum Gasteiger partial charge on any atom is -0.341 e. The molecule has 0 unspecified atom stereocenters. The van der Waals surface area contributed by atoms with Crippen LogP contribution in [0.5, 0.6) is 0 Å². The smallest absolute Gasteiger partial charge is 0.138 e. The number of imidazole rings is 1. The van der Waals surface area contributed by atoms with E-state index < -0.39 is 0 Å². The fraction of sp³-hybridized carbons (Fsp3) is 0.0909. The van der Waals surface area contributed by atoms with Crippen LogP contribution in [-0.2, 0) is 6.54 Å². The molecule has 3 aromatic carbocycles. The molecular formula is C22H16N4. The molecule has 0 spiro atoms. The van der Waals surface area contributed by atoms with Crippen LogP contribution in [0, 0.1) is 11.3 Å². The molecule has 0 fully saturated rings. The number of aromatic nitrogens is 3. The normalized spacial score (nSPS) is 11.4. The van der Waals surface area contributed by atoms with E-state index in [1.54, 1.807) is 6.07 Å². The Kier molecular flexibility index (Phi) is 3.10. The fourth-order valence-corrected chi connectivity index (χ4v) is 3.76. The number of nitrogens with one attached hydrogen (secondary N) is 1.